The van der Waals surface area contributed by atoms with Crippen LogP contribution in [-0.2, 0) is 21.9 Å². The Labute approximate surface area is 284 Å². The minimum atomic E-state index is -1.02. The topological polar surface area (TPSA) is 92.6 Å². The zero-order valence-corrected chi connectivity index (χ0v) is 27.9. The standard InChI is InChI=1S/C35H27Cl2N3O4S2/c1-20-7-9-22(10-8-20)19-45-35-39-38-34(46-35)40-30(24-13-16-27(36)28(37)17-24)29(32(42)33(40)43)31(41)23-11-14-26(15-12-23)44-18-25-6-4-3-5-21(25)2/h3-17,30,41H,18-19H2,1-2H3/b31-29+. The molecule has 1 saturated heterocycles. The number of ketones is 1. The number of nitrogens with zero attached hydrogens (tertiary/aromatic N) is 3. The van der Waals surface area contributed by atoms with Crippen molar-refractivity contribution in [3.05, 3.63) is 140 Å². The second-order valence-corrected chi connectivity index (χ2v) is 13.7. The molecule has 1 aliphatic rings. The first-order valence-corrected chi connectivity index (χ1v) is 16.8. The highest BCUT2D eigenvalue weighted by atomic mass is 35.5. The van der Waals surface area contributed by atoms with Gasteiger partial charge >= 0.3 is 5.91 Å². The molecule has 7 nitrogen and oxygen atoms in total. The molecular formula is C35H27Cl2N3O4S2. The molecule has 6 rings (SSSR count). The van der Waals surface area contributed by atoms with Crippen molar-refractivity contribution in [1.29, 1.82) is 0 Å². The van der Waals surface area contributed by atoms with E-state index in [1.165, 1.54) is 33.6 Å². The van der Waals surface area contributed by atoms with Gasteiger partial charge in [0.25, 0.3) is 5.78 Å². The normalized spacial score (nSPS) is 15.8. The minimum Gasteiger partial charge on any atom is -0.507 e. The number of ether oxygens (including phenoxy) is 1. The first-order chi connectivity index (χ1) is 22.2. The van der Waals surface area contributed by atoms with E-state index in [9.17, 15) is 14.7 Å². The van der Waals surface area contributed by atoms with Gasteiger partial charge in [0.2, 0.25) is 5.13 Å². The van der Waals surface area contributed by atoms with Gasteiger partial charge in [0.1, 0.15) is 18.1 Å². The Kier molecular flexibility index (Phi) is 9.47. The van der Waals surface area contributed by atoms with Crippen LogP contribution >= 0.6 is 46.3 Å². The van der Waals surface area contributed by atoms with E-state index in [0.717, 1.165) is 16.7 Å². The lowest BCUT2D eigenvalue weighted by atomic mass is 9.95. The Morgan fingerprint density at radius 1 is 0.935 bits per heavy atom. The van der Waals surface area contributed by atoms with Gasteiger partial charge < -0.3 is 9.84 Å². The van der Waals surface area contributed by atoms with Crippen LogP contribution < -0.4 is 9.64 Å². The number of carbonyl (C=O) groups excluding carboxylic acids is 2. The first kappa shape index (κ1) is 31.8. The van der Waals surface area contributed by atoms with Gasteiger partial charge in [0.05, 0.1) is 21.7 Å². The van der Waals surface area contributed by atoms with E-state index in [-0.39, 0.29) is 21.5 Å². The lowest BCUT2D eigenvalue weighted by Gasteiger charge is -2.23. The Balaban J connectivity index is 1.31. The van der Waals surface area contributed by atoms with Gasteiger partial charge in [-0.25, -0.2) is 0 Å². The Hall–Kier alpha value is -4.15. The summed E-state index contributed by atoms with van der Waals surface area (Å²) in [6.07, 6.45) is 0. The molecule has 11 heteroatoms. The SMILES string of the molecule is Cc1ccc(CSc2nnc(N3C(=O)C(=O)/C(=C(/O)c4ccc(OCc5ccccc5C)cc4)C3c3ccc(Cl)c(Cl)c3)s2)cc1. The van der Waals surface area contributed by atoms with E-state index >= 15 is 0 Å². The van der Waals surface area contributed by atoms with Crippen LogP contribution in [0.5, 0.6) is 5.75 Å². The summed E-state index contributed by atoms with van der Waals surface area (Å²) in [7, 11) is 0. The third kappa shape index (κ3) is 6.69. The molecule has 232 valence electrons. The molecular weight excluding hydrogens is 661 g/mol. The van der Waals surface area contributed by atoms with E-state index in [0.29, 0.717) is 38.6 Å². The highest BCUT2D eigenvalue weighted by molar-refractivity contribution is 8.00. The summed E-state index contributed by atoms with van der Waals surface area (Å²) in [5.41, 5.74) is 5.21. The number of aryl methyl sites for hydroxylation is 2. The number of aliphatic hydroxyl groups excluding tert-OH is 1. The van der Waals surface area contributed by atoms with Crippen molar-refractivity contribution in [2.24, 2.45) is 0 Å². The maximum Gasteiger partial charge on any atom is 0.301 e. The van der Waals surface area contributed by atoms with Crippen LogP contribution in [-0.4, -0.2) is 27.0 Å². The lowest BCUT2D eigenvalue weighted by molar-refractivity contribution is -0.132. The van der Waals surface area contributed by atoms with Crippen LogP contribution in [0, 0.1) is 13.8 Å². The van der Waals surface area contributed by atoms with Crippen LogP contribution in [0.3, 0.4) is 0 Å². The fourth-order valence-electron chi connectivity index (χ4n) is 5.01. The Bertz CT molecular complexity index is 1960. The number of anilines is 1. The molecule has 5 aromatic rings. The van der Waals surface area contributed by atoms with Crippen LogP contribution in [0.4, 0.5) is 5.13 Å². The monoisotopic (exact) mass is 687 g/mol. The van der Waals surface area contributed by atoms with E-state index in [1.807, 2.05) is 50.2 Å². The largest absolute Gasteiger partial charge is 0.507 e. The molecule has 0 radical (unpaired) electrons. The fourth-order valence-corrected chi connectivity index (χ4v) is 7.14. The fraction of sp³-hybridized carbons (Fsp3) is 0.143. The summed E-state index contributed by atoms with van der Waals surface area (Å²) in [4.78, 5) is 28.5. The van der Waals surface area contributed by atoms with Crippen molar-refractivity contribution in [2.45, 2.75) is 36.6 Å². The summed E-state index contributed by atoms with van der Waals surface area (Å²) in [6.45, 7) is 4.43. The van der Waals surface area contributed by atoms with Crippen molar-refractivity contribution in [3.8, 4) is 5.75 Å². The number of hydrogen-bond acceptors (Lipinski definition) is 8. The van der Waals surface area contributed by atoms with Gasteiger partial charge in [0, 0.05) is 11.3 Å². The van der Waals surface area contributed by atoms with E-state index in [1.54, 1.807) is 42.5 Å². The number of carbonyl (C=O) groups is 2. The number of benzene rings is 4. The van der Waals surface area contributed by atoms with Crippen molar-refractivity contribution < 1.29 is 19.4 Å². The van der Waals surface area contributed by atoms with Crippen LogP contribution in [0.15, 0.2) is 101 Å². The molecule has 0 saturated carbocycles. The van der Waals surface area contributed by atoms with Crippen LogP contribution in [0.2, 0.25) is 10.0 Å². The van der Waals surface area contributed by atoms with Crippen LogP contribution in [0.25, 0.3) is 5.76 Å². The van der Waals surface area contributed by atoms with Gasteiger partial charge in [-0.2, -0.15) is 0 Å². The number of Topliss-reactive ketones (excluding diaryl/α,β-unsaturated/α-hetero) is 1. The highest BCUT2D eigenvalue weighted by Crippen LogP contribution is 2.45. The van der Waals surface area contributed by atoms with Crippen molar-refractivity contribution in [3.63, 3.8) is 0 Å². The third-order valence-corrected chi connectivity index (χ3v) is 10.4. The van der Waals surface area contributed by atoms with Crippen molar-refractivity contribution in [1.82, 2.24) is 10.2 Å². The van der Waals surface area contributed by atoms with Gasteiger partial charge in [-0.05, 0) is 72.5 Å². The maximum atomic E-state index is 13.6. The maximum absolute atomic E-state index is 13.6. The molecule has 1 fully saturated rings. The van der Waals surface area contributed by atoms with Gasteiger partial charge in [0.15, 0.2) is 4.34 Å². The average Bonchev–Trinajstić information content (AvgIpc) is 3.63. The molecule has 1 amide bonds. The molecule has 1 atom stereocenters. The van der Waals surface area contributed by atoms with Gasteiger partial charge in [-0.1, -0.05) is 106 Å². The minimum absolute atomic E-state index is 0.0963. The zero-order valence-electron chi connectivity index (χ0n) is 24.7. The Morgan fingerprint density at radius 3 is 2.39 bits per heavy atom. The van der Waals surface area contributed by atoms with Gasteiger partial charge in [-0.3, -0.25) is 14.5 Å². The molecule has 0 aliphatic carbocycles. The summed E-state index contributed by atoms with van der Waals surface area (Å²) in [6, 6.07) is 26.7. The van der Waals surface area contributed by atoms with Gasteiger partial charge in [-0.15, -0.1) is 10.2 Å². The smallest absolute Gasteiger partial charge is 0.301 e. The molecule has 4 aromatic carbocycles. The molecule has 0 spiro atoms. The van der Waals surface area contributed by atoms with Crippen LogP contribution in [0.1, 0.15) is 39.4 Å². The quantitative estimate of drug-likeness (QED) is 0.0544. The molecule has 46 heavy (non-hydrogen) atoms. The molecule has 1 aliphatic heterocycles. The number of halogens is 2. The van der Waals surface area contributed by atoms with Crippen molar-refractivity contribution in [2.75, 3.05) is 4.90 Å². The summed E-state index contributed by atoms with van der Waals surface area (Å²) in [5, 5.41) is 20.9. The number of aromatic nitrogens is 2. The number of amides is 1. The number of thioether (sulfide) groups is 1. The highest BCUT2D eigenvalue weighted by Gasteiger charge is 2.48. The predicted molar refractivity (Wildman–Crippen MR) is 184 cm³/mol. The van der Waals surface area contributed by atoms with E-state index < -0.39 is 17.7 Å². The zero-order chi connectivity index (χ0) is 32.4. The summed E-state index contributed by atoms with van der Waals surface area (Å²) >= 11 is 15.3. The van der Waals surface area contributed by atoms with E-state index in [4.69, 9.17) is 27.9 Å². The molecule has 2 heterocycles. The summed E-state index contributed by atoms with van der Waals surface area (Å²) < 4.78 is 6.58. The number of rotatable bonds is 9. The molecule has 1 aromatic heterocycles. The Morgan fingerprint density at radius 2 is 1.67 bits per heavy atom. The lowest BCUT2D eigenvalue weighted by Crippen LogP contribution is -2.29. The summed E-state index contributed by atoms with van der Waals surface area (Å²) in [5.74, 6) is -0.763. The second-order valence-electron chi connectivity index (χ2n) is 10.7. The number of hydrogen-bond donors (Lipinski definition) is 1. The van der Waals surface area contributed by atoms with Crippen molar-refractivity contribution >= 4 is 68.9 Å². The predicted octanol–water partition coefficient (Wildman–Crippen LogP) is 8.96. The number of aliphatic hydroxyl groups is 1. The third-order valence-electron chi connectivity index (χ3n) is 7.57. The molecule has 0 bridgehead atoms. The molecule has 1 unspecified atom stereocenters. The second kappa shape index (κ2) is 13.7. The first-order valence-electron chi connectivity index (χ1n) is 14.2. The average molecular weight is 689 g/mol. The van der Waals surface area contributed by atoms with E-state index in [2.05, 4.69) is 22.3 Å². The molecule has 1 N–H and O–H groups in total.